The molecule has 5 heteroatoms. The third-order valence-electron chi connectivity index (χ3n) is 2.81. The Labute approximate surface area is 126 Å². The number of rotatable bonds is 2. The fraction of sp³-hybridized carbons (Fsp3) is 0. The van der Waals surface area contributed by atoms with Crippen LogP contribution in [0.1, 0.15) is 0 Å². The van der Waals surface area contributed by atoms with Crippen LogP contribution in [0.2, 0.25) is 10.6 Å². The van der Waals surface area contributed by atoms with E-state index in [2.05, 4.69) is 15.0 Å². The second kappa shape index (κ2) is 5.57. The maximum atomic E-state index is 5.81. The molecule has 0 aliphatic heterocycles. The molecule has 3 aromatic rings. The van der Waals surface area contributed by atoms with Crippen LogP contribution in [0.4, 0.5) is 0 Å². The van der Waals surface area contributed by atoms with Crippen molar-refractivity contribution in [3.05, 3.63) is 65.2 Å². The van der Waals surface area contributed by atoms with Crippen molar-refractivity contribution in [2.45, 2.75) is 0 Å². The van der Waals surface area contributed by atoms with E-state index in [-0.39, 0.29) is 10.6 Å². The molecular formula is C15H9Cl2N3. The number of benzene rings is 2. The van der Waals surface area contributed by atoms with E-state index in [1.165, 1.54) is 0 Å². The zero-order valence-electron chi connectivity index (χ0n) is 10.3. The molecule has 3 rings (SSSR count). The number of halogens is 2. The van der Waals surface area contributed by atoms with Crippen LogP contribution < -0.4 is 0 Å². The molecule has 3 nitrogen and oxygen atoms in total. The highest BCUT2D eigenvalue weighted by atomic mass is 35.5. The molecule has 0 bridgehead atoms. The molecular weight excluding hydrogens is 293 g/mol. The number of hydrogen-bond acceptors (Lipinski definition) is 3. The van der Waals surface area contributed by atoms with E-state index in [0.717, 1.165) is 16.7 Å². The number of hydrogen-bond donors (Lipinski definition) is 0. The summed E-state index contributed by atoms with van der Waals surface area (Å²) in [6.07, 6.45) is 0. The summed E-state index contributed by atoms with van der Waals surface area (Å²) in [7, 11) is 0. The summed E-state index contributed by atoms with van der Waals surface area (Å²) in [6.45, 7) is 0. The Kier molecular flexibility index (Phi) is 3.63. The molecule has 0 aliphatic carbocycles. The normalized spacial score (nSPS) is 10.5. The predicted molar refractivity (Wildman–Crippen MR) is 80.7 cm³/mol. The smallest absolute Gasteiger partial charge is 0.198 e. The van der Waals surface area contributed by atoms with Gasteiger partial charge >= 0.3 is 0 Å². The first-order chi connectivity index (χ1) is 9.72. The Morgan fingerprint density at radius 1 is 0.600 bits per heavy atom. The molecule has 0 fully saturated rings. The molecule has 2 aromatic carbocycles. The van der Waals surface area contributed by atoms with Crippen molar-refractivity contribution in [2.24, 2.45) is 0 Å². The SMILES string of the molecule is Clc1nc(Cl)nc(-c2cccc(-c3ccccc3)c2)n1. The third-order valence-corrected chi connectivity index (χ3v) is 3.15. The van der Waals surface area contributed by atoms with Crippen LogP contribution in [-0.4, -0.2) is 15.0 Å². The van der Waals surface area contributed by atoms with Crippen molar-refractivity contribution in [3.8, 4) is 22.5 Å². The van der Waals surface area contributed by atoms with Crippen LogP contribution in [0.25, 0.3) is 22.5 Å². The van der Waals surface area contributed by atoms with Crippen LogP contribution >= 0.6 is 23.2 Å². The highest BCUT2D eigenvalue weighted by Gasteiger charge is 2.07. The van der Waals surface area contributed by atoms with E-state index < -0.39 is 0 Å². The van der Waals surface area contributed by atoms with Gasteiger partial charge in [0.1, 0.15) is 0 Å². The van der Waals surface area contributed by atoms with Gasteiger partial charge in [0.05, 0.1) is 0 Å². The van der Waals surface area contributed by atoms with Crippen molar-refractivity contribution in [1.29, 1.82) is 0 Å². The Bertz CT molecular complexity index is 725. The fourth-order valence-corrected chi connectivity index (χ4v) is 2.29. The van der Waals surface area contributed by atoms with Gasteiger partial charge in [-0.05, 0) is 40.4 Å². The second-order valence-electron chi connectivity index (χ2n) is 4.14. The topological polar surface area (TPSA) is 38.7 Å². The van der Waals surface area contributed by atoms with Crippen LogP contribution in [0.5, 0.6) is 0 Å². The molecule has 0 saturated carbocycles. The molecule has 0 saturated heterocycles. The largest absolute Gasteiger partial charge is 0.227 e. The lowest BCUT2D eigenvalue weighted by molar-refractivity contribution is 1.06. The summed E-state index contributed by atoms with van der Waals surface area (Å²) in [4.78, 5) is 11.9. The van der Waals surface area contributed by atoms with Gasteiger partial charge in [-0.3, -0.25) is 0 Å². The minimum atomic E-state index is 0.0881. The van der Waals surface area contributed by atoms with Crippen molar-refractivity contribution >= 4 is 23.2 Å². The molecule has 0 radical (unpaired) electrons. The summed E-state index contributed by atoms with van der Waals surface area (Å²) < 4.78 is 0. The van der Waals surface area contributed by atoms with Crippen LogP contribution in [-0.2, 0) is 0 Å². The Hall–Kier alpha value is -1.97. The zero-order valence-corrected chi connectivity index (χ0v) is 11.8. The lowest BCUT2D eigenvalue weighted by atomic mass is 10.0. The van der Waals surface area contributed by atoms with Crippen molar-refractivity contribution in [3.63, 3.8) is 0 Å². The van der Waals surface area contributed by atoms with Gasteiger partial charge in [0, 0.05) is 5.56 Å². The quantitative estimate of drug-likeness (QED) is 0.699. The molecule has 20 heavy (non-hydrogen) atoms. The number of nitrogens with zero attached hydrogens (tertiary/aromatic N) is 3. The van der Waals surface area contributed by atoms with Gasteiger partial charge in [0.15, 0.2) is 5.82 Å². The molecule has 0 aliphatic rings. The van der Waals surface area contributed by atoms with E-state index in [1.807, 2.05) is 54.6 Å². The van der Waals surface area contributed by atoms with Gasteiger partial charge in [-0.15, -0.1) is 0 Å². The summed E-state index contributed by atoms with van der Waals surface area (Å²) in [5, 5.41) is 0.176. The average molecular weight is 302 g/mol. The van der Waals surface area contributed by atoms with Gasteiger partial charge < -0.3 is 0 Å². The first-order valence-corrected chi connectivity index (χ1v) is 6.71. The van der Waals surface area contributed by atoms with E-state index in [9.17, 15) is 0 Å². The minimum absolute atomic E-state index is 0.0881. The maximum absolute atomic E-state index is 5.81. The fourth-order valence-electron chi connectivity index (χ4n) is 1.92. The summed E-state index contributed by atoms with van der Waals surface area (Å²) in [5.41, 5.74) is 3.05. The van der Waals surface area contributed by atoms with Gasteiger partial charge in [-0.1, -0.05) is 48.5 Å². The molecule has 0 atom stereocenters. The number of aromatic nitrogens is 3. The summed E-state index contributed by atoms with van der Waals surface area (Å²) >= 11 is 11.6. The molecule has 98 valence electrons. The van der Waals surface area contributed by atoms with Crippen molar-refractivity contribution < 1.29 is 0 Å². The highest BCUT2D eigenvalue weighted by molar-refractivity contribution is 6.31. The van der Waals surface area contributed by atoms with Crippen molar-refractivity contribution in [1.82, 2.24) is 15.0 Å². The standard InChI is InChI=1S/C15H9Cl2N3/c16-14-18-13(19-15(17)20-14)12-8-4-7-11(9-12)10-5-2-1-3-6-10/h1-9H. The summed E-state index contributed by atoms with van der Waals surface area (Å²) in [5.74, 6) is 0.466. The minimum Gasteiger partial charge on any atom is -0.198 e. The Morgan fingerprint density at radius 2 is 1.20 bits per heavy atom. The highest BCUT2D eigenvalue weighted by Crippen LogP contribution is 2.25. The second-order valence-corrected chi connectivity index (χ2v) is 4.82. The van der Waals surface area contributed by atoms with Gasteiger partial charge in [0.2, 0.25) is 10.6 Å². The molecule has 0 unspecified atom stereocenters. The van der Waals surface area contributed by atoms with Crippen LogP contribution in [0.3, 0.4) is 0 Å². The molecule has 1 heterocycles. The van der Waals surface area contributed by atoms with Gasteiger partial charge in [-0.25, -0.2) is 0 Å². The Morgan fingerprint density at radius 3 is 1.90 bits per heavy atom. The maximum Gasteiger partial charge on any atom is 0.227 e. The lowest BCUT2D eigenvalue weighted by Crippen LogP contribution is -1.93. The van der Waals surface area contributed by atoms with Gasteiger partial charge in [0.25, 0.3) is 0 Å². The van der Waals surface area contributed by atoms with Crippen molar-refractivity contribution in [2.75, 3.05) is 0 Å². The average Bonchev–Trinajstić information content (AvgIpc) is 2.47. The zero-order chi connectivity index (χ0) is 13.9. The molecule has 1 aromatic heterocycles. The Balaban J connectivity index is 2.07. The van der Waals surface area contributed by atoms with E-state index >= 15 is 0 Å². The first-order valence-electron chi connectivity index (χ1n) is 5.95. The van der Waals surface area contributed by atoms with E-state index in [0.29, 0.717) is 5.82 Å². The monoisotopic (exact) mass is 301 g/mol. The third kappa shape index (κ3) is 2.79. The lowest BCUT2D eigenvalue weighted by Gasteiger charge is -2.05. The van der Waals surface area contributed by atoms with Crippen LogP contribution in [0, 0.1) is 0 Å². The molecule has 0 amide bonds. The molecule has 0 spiro atoms. The predicted octanol–water partition coefficient (Wildman–Crippen LogP) is 4.51. The molecule has 0 N–H and O–H groups in total. The summed E-state index contributed by atoms with van der Waals surface area (Å²) in [6, 6.07) is 18.0. The van der Waals surface area contributed by atoms with Gasteiger partial charge in [-0.2, -0.15) is 15.0 Å². The van der Waals surface area contributed by atoms with E-state index in [4.69, 9.17) is 23.2 Å². The van der Waals surface area contributed by atoms with Crippen LogP contribution in [0.15, 0.2) is 54.6 Å². The van der Waals surface area contributed by atoms with E-state index in [1.54, 1.807) is 0 Å². The first kappa shape index (κ1) is 13.0.